The largest absolute Gasteiger partial charge is 0.355 e. The third-order valence-electron chi connectivity index (χ3n) is 2.04. The van der Waals surface area contributed by atoms with Gasteiger partial charge in [0.05, 0.1) is 11.8 Å². The molecule has 1 atom stereocenters. The number of rotatable bonds is 1. The Morgan fingerprint density at radius 3 is 3.23 bits per heavy atom. The molecule has 2 aliphatic heterocycles. The number of nitrogens with zero attached hydrogens (tertiary/aromatic N) is 1. The van der Waals surface area contributed by atoms with Gasteiger partial charge in [0.1, 0.15) is 4.38 Å². The third-order valence-corrected chi connectivity index (χ3v) is 4.51. The Labute approximate surface area is 86.1 Å². The highest BCUT2D eigenvalue weighted by atomic mass is 32.2. The molecule has 3 nitrogen and oxygen atoms in total. The van der Waals surface area contributed by atoms with E-state index in [9.17, 15) is 4.79 Å². The van der Waals surface area contributed by atoms with Crippen molar-refractivity contribution in [2.45, 2.75) is 18.1 Å². The summed E-state index contributed by atoms with van der Waals surface area (Å²) < 4.78 is 1.10. The third kappa shape index (κ3) is 2.40. The van der Waals surface area contributed by atoms with Gasteiger partial charge >= 0.3 is 0 Å². The van der Waals surface area contributed by atoms with Crippen LogP contribution in [-0.4, -0.2) is 34.4 Å². The van der Waals surface area contributed by atoms with Crippen molar-refractivity contribution in [3.63, 3.8) is 0 Å². The Bertz CT molecular complexity index is 242. The second-order valence-electron chi connectivity index (χ2n) is 3.04. The van der Waals surface area contributed by atoms with E-state index in [-0.39, 0.29) is 11.2 Å². The number of nitrogens with one attached hydrogen (secondary N) is 1. The van der Waals surface area contributed by atoms with Crippen LogP contribution < -0.4 is 5.32 Å². The van der Waals surface area contributed by atoms with Gasteiger partial charge in [0.2, 0.25) is 5.91 Å². The molecular formula is C8H12N2OS2. The summed E-state index contributed by atoms with van der Waals surface area (Å²) in [5.74, 6) is 1.27. The van der Waals surface area contributed by atoms with Crippen molar-refractivity contribution >= 4 is 33.8 Å². The monoisotopic (exact) mass is 216 g/mol. The van der Waals surface area contributed by atoms with Crippen LogP contribution in [0, 0.1) is 0 Å². The molecule has 0 aromatic carbocycles. The van der Waals surface area contributed by atoms with Crippen molar-refractivity contribution in [2.75, 3.05) is 18.8 Å². The van der Waals surface area contributed by atoms with Gasteiger partial charge < -0.3 is 5.32 Å². The van der Waals surface area contributed by atoms with Gasteiger partial charge in [0.15, 0.2) is 0 Å². The number of piperidine rings is 1. The lowest BCUT2D eigenvalue weighted by Crippen LogP contribution is -2.38. The zero-order valence-corrected chi connectivity index (χ0v) is 8.92. The van der Waals surface area contributed by atoms with Crippen molar-refractivity contribution in [1.29, 1.82) is 0 Å². The molecule has 5 heteroatoms. The van der Waals surface area contributed by atoms with E-state index < -0.39 is 0 Å². The standard InChI is InChI=1S/C8H12N2OS2/c11-7-6(2-1-3-9-7)13-8-10-4-5-12-8/h6H,1-5H2,(H,9,11). The molecule has 0 aliphatic carbocycles. The van der Waals surface area contributed by atoms with Crippen LogP contribution in [0.5, 0.6) is 0 Å². The van der Waals surface area contributed by atoms with Gasteiger partial charge in [-0.3, -0.25) is 9.79 Å². The normalized spacial score (nSPS) is 28.5. The van der Waals surface area contributed by atoms with Crippen LogP contribution in [-0.2, 0) is 4.79 Å². The number of hydrogen-bond acceptors (Lipinski definition) is 4. The second-order valence-corrected chi connectivity index (χ2v) is 5.57. The molecule has 0 aromatic rings. The van der Waals surface area contributed by atoms with Gasteiger partial charge in [-0.25, -0.2) is 0 Å². The lowest BCUT2D eigenvalue weighted by atomic mass is 10.1. The topological polar surface area (TPSA) is 41.5 Å². The molecule has 0 saturated carbocycles. The van der Waals surface area contributed by atoms with Gasteiger partial charge in [-0.05, 0) is 12.8 Å². The summed E-state index contributed by atoms with van der Waals surface area (Å²) in [6.07, 6.45) is 2.09. The molecule has 1 fully saturated rings. The molecule has 13 heavy (non-hydrogen) atoms. The number of amides is 1. The highest BCUT2D eigenvalue weighted by Gasteiger charge is 2.25. The highest BCUT2D eigenvalue weighted by Crippen LogP contribution is 2.29. The Morgan fingerprint density at radius 1 is 1.62 bits per heavy atom. The Hall–Kier alpha value is -0.160. The van der Waals surface area contributed by atoms with E-state index in [1.807, 2.05) is 0 Å². The lowest BCUT2D eigenvalue weighted by molar-refractivity contribution is -0.121. The first-order valence-corrected chi connectivity index (χ1v) is 6.34. The molecule has 2 rings (SSSR count). The van der Waals surface area contributed by atoms with Crippen LogP contribution in [0.15, 0.2) is 4.99 Å². The molecular weight excluding hydrogens is 204 g/mol. The number of thioether (sulfide) groups is 2. The zero-order valence-electron chi connectivity index (χ0n) is 7.28. The predicted molar refractivity (Wildman–Crippen MR) is 58.4 cm³/mol. The summed E-state index contributed by atoms with van der Waals surface area (Å²) in [4.78, 5) is 15.7. The van der Waals surface area contributed by atoms with E-state index in [0.717, 1.165) is 36.1 Å². The lowest BCUT2D eigenvalue weighted by Gasteiger charge is -2.20. The SMILES string of the molecule is O=C1NCCCC1SC1=NCCS1. The molecule has 0 bridgehead atoms. The van der Waals surface area contributed by atoms with E-state index >= 15 is 0 Å². The van der Waals surface area contributed by atoms with E-state index in [1.54, 1.807) is 23.5 Å². The van der Waals surface area contributed by atoms with Crippen LogP contribution in [0.3, 0.4) is 0 Å². The van der Waals surface area contributed by atoms with E-state index in [4.69, 9.17) is 0 Å². The van der Waals surface area contributed by atoms with Gasteiger partial charge in [-0.15, -0.1) is 0 Å². The van der Waals surface area contributed by atoms with Gasteiger partial charge in [0, 0.05) is 12.3 Å². The van der Waals surface area contributed by atoms with Crippen LogP contribution in [0.2, 0.25) is 0 Å². The quantitative estimate of drug-likeness (QED) is 0.713. The summed E-state index contributed by atoms with van der Waals surface area (Å²) in [7, 11) is 0. The van der Waals surface area contributed by atoms with E-state index in [0.29, 0.717) is 0 Å². The minimum Gasteiger partial charge on any atom is -0.355 e. The fourth-order valence-corrected chi connectivity index (χ4v) is 3.66. The average molecular weight is 216 g/mol. The summed E-state index contributed by atoms with van der Waals surface area (Å²) >= 11 is 3.41. The second kappa shape index (κ2) is 4.37. The number of carbonyl (C=O) groups excluding carboxylic acids is 1. The first-order chi connectivity index (χ1) is 6.36. The summed E-state index contributed by atoms with van der Waals surface area (Å²) in [5.41, 5.74) is 0. The number of carbonyl (C=O) groups is 1. The van der Waals surface area contributed by atoms with Crippen LogP contribution >= 0.6 is 23.5 Å². The maximum absolute atomic E-state index is 11.4. The van der Waals surface area contributed by atoms with E-state index in [1.165, 1.54) is 0 Å². The molecule has 0 radical (unpaired) electrons. The highest BCUT2D eigenvalue weighted by molar-refractivity contribution is 8.39. The van der Waals surface area contributed by atoms with Gasteiger partial charge in [0.25, 0.3) is 0 Å². The first-order valence-electron chi connectivity index (χ1n) is 4.48. The van der Waals surface area contributed by atoms with Crippen molar-refractivity contribution in [1.82, 2.24) is 5.32 Å². The van der Waals surface area contributed by atoms with Crippen LogP contribution in [0.25, 0.3) is 0 Å². The van der Waals surface area contributed by atoms with Crippen LogP contribution in [0.4, 0.5) is 0 Å². The summed E-state index contributed by atoms with van der Waals surface area (Å²) in [6.45, 7) is 1.76. The minimum atomic E-state index is 0.109. The molecule has 0 spiro atoms. The predicted octanol–water partition coefficient (Wildman–Crippen LogP) is 1.10. The first kappa shape index (κ1) is 9.40. The fourth-order valence-electron chi connectivity index (χ4n) is 1.36. The van der Waals surface area contributed by atoms with Crippen molar-refractivity contribution < 1.29 is 4.79 Å². The molecule has 1 N–H and O–H groups in total. The van der Waals surface area contributed by atoms with Crippen molar-refractivity contribution in [3.8, 4) is 0 Å². The minimum absolute atomic E-state index is 0.109. The Kier molecular flexibility index (Phi) is 3.16. The zero-order chi connectivity index (χ0) is 9.10. The van der Waals surface area contributed by atoms with Gasteiger partial charge in [-0.2, -0.15) is 0 Å². The van der Waals surface area contributed by atoms with Crippen molar-refractivity contribution in [2.24, 2.45) is 4.99 Å². The van der Waals surface area contributed by atoms with Crippen LogP contribution in [0.1, 0.15) is 12.8 Å². The molecule has 1 saturated heterocycles. The average Bonchev–Trinajstić information content (AvgIpc) is 2.61. The molecule has 2 heterocycles. The fraction of sp³-hybridized carbons (Fsp3) is 0.750. The van der Waals surface area contributed by atoms with Crippen molar-refractivity contribution in [3.05, 3.63) is 0 Å². The maximum Gasteiger partial charge on any atom is 0.233 e. The molecule has 72 valence electrons. The smallest absolute Gasteiger partial charge is 0.233 e. The van der Waals surface area contributed by atoms with E-state index in [2.05, 4.69) is 10.3 Å². The Morgan fingerprint density at radius 2 is 2.54 bits per heavy atom. The molecule has 0 aromatic heterocycles. The Balaban J connectivity index is 1.88. The summed E-state index contributed by atoms with van der Waals surface area (Å²) in [6, 6.07) is 0. The molecule has 2 aliphatic rings. The molecule has 1 amide bonds. The van der Waals surface area contributed by atoms with Gasteiger partial charge in [-0.1, -0.05) is 23.5 Å². The molecule has 1 unspecified atom stereocenters. The number of aliphatic imine (C=N–C) groups is 1. The summed E-state index contributed by atoms with van der Waals surface area (Å²) in [5, 5.41) is 2.99. The number of hydrogen-bond donors (Lipinski definition) is 1. The maximum atomic E-state index is 11.4.